The Kier molecular flexibility index (Phi) is 2.57. The van der Waals surface area contributed by atoms with Crippen molar-refractivity contribution in [3.05, 3.63) is 16.1 Å². The highest BCUT2D eigenvalue weighted by atomic mass is 32.1. The quantitative estimate of drug-likeness (QED) is 0.651. The van der Waals surface area contributed by atoms with Crippen LogP contribution in [-0.2, 0) is 11.8 Å². The molecule has 1 nitrogen and oxygen atoms in total. The summed E-state index contributed by atoms with van der Waals surface area (Å²) in [5.41, 5.74) is 2.93. The molecular formula is C10H17NS. The SMILES string of the molecule is CCc1c(C)nsc1C(C)(C)C. The lowest BCUT2D eigenvalue weighted by Crippen LogP contribution is -2.11. The van der Waals surface area contributed by atoms with E-state index in [4.69, 9.17) is 0 Å². The van der Waals surface area contributed by atoms with Gasteiger partial charge in [0.2, 0.25) is 0 Å². The van der Waals surface area contributed by atoms with Crippen molar-refractivity contribution in [1.82, 2.24) is 4.37 Å². The summed E-state index contributed by atoms with van der Waals surface area (Å²) in [5.74, 6) is 0. The van der Waals surface area contributed by atoms with Gasteiger partial charge in [0.15, 0.2) is 0 Å². The van der Waals surface area contributed by atoms with Crippen molar-refractivity contribution in [2.45, 2.75) is 46.5 Å². The highest BCUT2D eigenvalue weighted by Gasteiger charge is 2.21. The number of aromatic nitrogens is 1. The molecule has 0 aliphatic heterocycles. The van der Waals surface area contributed by atoms with Gasteiger partial charge in [0.25, 0.3) is 0 Å². The first-order valence-electron chi connectivity index (χ1n) is 4.42. The van der Waals surface area contributed by atoms with Crippen LogP contribution in [0.4, 0.5) is 0 Å². The predicted octanol–water partition coefficient (Wildman–Crippen LogP) is 3.31. The molecule has 0 bridgehead atoms. The van der Waals surface area contributed by atoms with Gasteiger partial charge in [-0.25, -0.2) is 0 Å². The van der Waals surface area contributed by atoms with E-state index in [1.807, 2.05) is 0 Å². The molecule has 0 saturated heterocycles. The summed E-state index contributed by atoms with van der Waals surface area (Å²) in [6.07, 6.45) is 1.11. The largest absolute Gasteiger partial charge is 0.197 e. The van der Waals surface area contributed by atoms with Crippen LogP contribution in [0.25, 0.3) is 0 Å². The van der Waals surface area contributed by atoms with Crippen LogP contribution in [0.3, 0.4) is 0 Å². The standard InChI is InChI=1S/C10H17NS/c1-6-8-7(2)11-12-9(8)10(3,4)5/h6H2,1-5H3. The van der Waals surface area contributed by atoms with Crippen LogP contribution in [0.1, 0.15) is 43.8 Å². The second-order valence-corrected chi connectivity index (χ2v) is 4.95. The van der Waals surface area contributed by atoms with E-state index in [0.29, 0.717) is 0 Å². The summed E-state index contributed by atoms with van der Waals surface area (Å²) in [4.78, 5) is 1.45. The second-order valence-electron chi connectivity index (χ2n) is 4.18. The lowest BCUT2D eigenvalue weighted by atomic mass is 9.90. The molecule has 1 rings (SSSR count). The molecule has 1 heterocycles. The summed E-state index contributed by atoms with van der Waals surface area (Å²) in [6, 6.07) is 0. The molecular weight excluding hydrogens is 166 g/mol. The van der Waals surface area contributed by atoms with E-state index in [1.54, 1.807) is 11.5 Å². The van der Waals surface area contributed by atoms with Crippen LogP contribution >= 0.6 is 11.5 Å². The smallest absolute Gasteiger partial charge is 0.0546 e. The zero-order valence-electron chi connectivity index (χ0n) is 8.56. The molecule has 0 aliphatic carbocycles. The van der Waals surface area contributed by atoms with Crippen molar-refractivity contribution < 1.29 is 0 Å². The molecule has 0 spiro atoms. The van der Waals surface area contributed by atoms with Gasteiger partial charge in [0.1, 0.15) is 0 Å². The van der Waals surface area contributed by atoms with Gasteiger partial charge in [-0.1, -0.05) is 27.7 Å². The minimum atomic E-state index is 0.261. The van der Waals surface area contributed by atoms with Crippen molar-refractivity contribution in [1.29, 1.82) is 0 Å². The molecule has 0 fully saturated rings. The Morgan fingerprint density at radius 2 is 1.92 bits per heavy atom. The number of hydrogen-bond donors (Lipinski definition) is 0. The van der Waals surface area contributed by atoms with Crippen molar-refractivity contribution in [3.63, 3.8) is 0 Å². The van der Waals surface area contributed by atoms with Crippen LogP contribution in [0, 0.1) is 6.92 Å². The first-order valence-corrected chi connectivity index (χ1v) is 5.19. The number of aryl methyl sites for hydroxylation is 1. The van der Waals surface area contributed by atoms with E-state index in [2.05, 4.69) is 39.0 Å². The second kappa shape index (κ2) is 3.17. The molecule has 68 valence electrons. The Balaban J connectivity index is 3.16. The van der Waals surface area contributed by atoms with Crippen molar-refractivity contribution >= 4 is 11.5 Å². The third kappa shape index (κ3) is 1.69. The molecule has 0 aliphatic rings. The zero-order chi connectivity index (χ0) is 9.35. The molecule has 1 aromatic heterocycles. The minimum absolute atomic E-state index is 0.261. The van der Waals surface area contributed by atoms with Crippen LogP contribution < -0.4 is 0 Å². The van der Waals surface area contributed by atoms with Gasteiger partial charge in [-0.05, 0) is 35.9 Å². The Bertz CT molecular complexity index is 268. The number of nitrogens with zero attached hydrogens (tertiary/aromatic N) is 1. The first kappa shape index (κ1) is 9.72. The zero-order valence-corrected chi connectivity index (χ0v) is 9.38. The molecule has 12 heavy (non-hydrogen) atoms. The summed E-state index contributed by atoms with van der Waals surface area (Å²) < 4.78 is 4.40. The maximum atomic E-state index is 4.40. The van der Waals surface area contributed by atoms with E-state index < -0.39 is 0 Å². The topological polar surface area (TPSA) is 12.9 Å². The summed E-state index contributed by atoms with van der Waals surface area (Å²) in [6.45, 7) is 11.0. The number of rotatable bonds is 1. The summed E-state index contributed by atoms with van der Waals surface area (Å²) in [7, 11) is 0. The monoisotopic (exact) mass is 183 g/mol. The molecule has 0 atom stereocenters. The maximum absolute atomic E-state index is 4.40. The molecule has 1 aromatic rings. The summed E-state index contributed by atoms with van der Waals surface area (Å²) in [5, 5.41) is 0. The summed E-state index contributed by atoms with van der Waals surface area (Å²) >= 11 is 1.66. The average Bonchev–Trinajstić information content (AvgIpc) is 2.29. The predicted molar refractivity (Wildman–Crippen MR) is 54.9 cm³/mol. The lowest BCUT2D eigenvalue weighted by Gasteiger charge is -2.17. The van der Waals surface area contributed by atoms with Crippen LogP contribution in [0.15, 0.2) is 0 Å². The third-order valence-electron chi connectivity index (χ3n) is 2.02. The van der Waals surface area contributed by atoms with E-state index in [-0.39, 0.29) is 5.41 Å². The Morgan fingerprint density at radius 3 is 2.25 bits per heavy atom. The van der Waals surface area contributed by atoms with Gasteiger partial charge >= 0.3 is 0 Å². The van der Waals surface area contributed by atoms with Gasteiger partial charge in [0.05, 0.1) is 5.69 Å². The molecule has 0 radical (unpaired) electrons. The number of hydrogen-bond acceptors (Lipinski definition) is 2. The van der Waals surface area contributed by atoms with Crippen LogP contribution in [-0.4, -0.2) is 4.37 Å². The lowest BCUT2D eigenvalue weighted by molar-refractivity contribution is 0.597. The fraction of sp³-hybridized carbons (Fsp3) is 0.700. The van der Waals surface area contributed by atoms with Gasteiger partial charge in [0, 0.05) is 4.88 Å². The van der Waals surface area contributed by atoms with Crippen LogP contribution in [0.2, 0.25) is 0 Å². The Morgan fingerprint density at radius 1 is 1.33 bits per heavy atom. The highest BCUT2D eigenvalue weighted by Crippen LogP contribution is 2.31. The molecule has 2 heteroatoms. The highest BCUT2D eigenvalue weighted by molar-refractivity contribution is 7.06. The van der Waals surface area contributed by atoms with Crippen LogP contribution in [0.5, 0.6) is 0 Å². The fourth-order valence-corrected chi connectivity index (χ4v) is 2.41. The Labute approximate surface area is 79.0 Å². The van der Waals surface area contributed by atoms with E-state index in [1.165, 1.54) is 16.1 Å². The maximum Gasteiger partial charge on any atom is 0.0546 e. The molecule has 0 amide bonds. The van der Waals surface area contributed by atoms with Crippen molar-refractivity contribution in [3.8, 4) is 0 Å². The average molecular weight is 183 g/mol. The first-order chi connectivity index (χ1) is 5.46. The fourth-order valence-electron chi connectivity index (χ4n) is 1.39. The van der Waals surface area contributed by atoms with E-state index >= 15 is 0 Å². The molecule has 0 unspecified atom stereocenters. The van der Waals surface area contributed by atoms with Gasteiger partial charge in [-0.2, -0.15) is 4.37 Å². The molecule has 0 N–H and O–H groups in total. The van der Waals surface area contributed by atoms with E-state index in [9.17, 15) is 0 Å². The Hall–Kier alpha value is -0.370. The van der Waals surface area contributed by atoms with Gasteiger partial charge in [-0.15, -0.1) is 0 Å². The molecule has 0 aromatic carbocycles. The van der Waals surface area contributed by atoms with Crippen molar-refractivity contribution in [2.24, 2.45) is 0 Å². The van der Waals surface area contributed by atoms with Gasteiger partial charge in [-0.3, -0.25) is 0 Å². The molecule has 0 saturated carbocycles. The normalized spacial score (nSPS) is 12.1. The van der Waals surface area contributed by atoms with Crippen molar-refractivity contribution in [2.75, 3.05) is 0 Å². The third-order valence-corrected chi connectivity index (χ3v) is 3.43. The van der Waals surface area contributed by atoms with Gasteiger partial charge < -0.3 is 0 Å². The van der Waals surface area contributed by atoms with E-state index in [0.717, 1.165) is 6.42 Å². The minimum Gasteiger partial charge on any atom is -0.197 e.